The Kier molecular flexibility index (Phi) is 4.97. The second-order valence-corrected chi connectivity index (χ2v) is 5.42. The highest BCUT2D eigenvalue weighted by atomic mass is 16.5. The molecule has 1 amide bonds. The molecule has 2 atom stereocenters. The van der Waals surface area contributed by atoms with Crippen LogP contribution >= 0.6 is 0 Å². The lowest BCUT2D eigenvalue weighted by Gasteiger charge is -2.36. The van der Waals surface area contributed by atoms with Gasteiger partial charge in [-0.15, -0.1) is 0 Å². The molecular weight excluding hydrogens is 230 g/mol. The minimum atomic E-state index is 0.213. The number of nitrogens with one attached hydrogen (secondary N) is 1. The smallest absolute Gasteiger partial charge is 0.236 e. The van der Waals surface area contributed by atoms with Gasteiger partial charge in [0.05, 0.1) is 19.8 Å². The van der Waals surface area contributed by atoms with Crippen molar-refractivity contribution < 1.29 is 9.53 Å². The highest BCUT2D eigenvalue weighted by Gasteiger charge is 2.24. The third kappa shape index (κ3) is 3.67. The third-order valence-corrected chi connectivity index (χ3v) is 4.11. The van der Waals surface area contributed by atoms with Gasteiger partial charge < -0.3 is 19.9 Å². The van der Waals surface area contributed by atoms with Gasteiger partial charge in [-0.1, -0.05) is 0 Å². The van der Waals surface area contributed by atoms with Crippen LogP contribution in [0.5, 0.6) is 0 Å². The molecule has 0 spiro atoms. The minimum absolute atomic E-state index is 0.213. The topological polar surface area (TPSA) is 44.8 Å². The summed E-state index contributed by atoms with van der Waals surface area (Å²) in [6.07, 6.45) is 2.27. The second-order valence-electron chi connectivity index (χ2n) is 5.42. The van der Waals surface area contributed by atoms with E-state index in [0.29, 0.717) is 31.8 Å². The van der Waals surface area contributed by atoms with Gasteiger partial charge in [-0.2, -0.15) is 0 Å². The number of carbonyl (C=O) groups excluding carboxylic acids is 1. The fourth-order valence-electron chi connectivity index (χ4n) is 2.63. The number of likely N-dealkylation sites (tertiary alicyclic amines) is 1. The molecule has 18 heavy (non-hydrogen) atoms. The number of rotatable bonds is 3. The molecule has 2 unspecified atom stereocenters. The molecule has 2 heterocycles. The molecule has 2 rings (SSSR count). The van der Waals surface area contributed by atoms with Crippen LogP contribution in [0.15, 0.2) is 0 Å². The van der Waals surface area contributed by atoms with Gasteiger partial charge in [0.15, 0.2) is 0 Å². The van der Waals surface area contributed by atoms with Gasteiger partial charge in [-0.25, -0.2) is 0 Å². The number of piperidine rings is 1. The Balaban J connectivity index is 1.69. The van der Waals surface area contributed by atoms with Crippen molar-refractivity contribution in [3.63, 3.8) is 0 Å². The Morgan fingerprint density at radius 1 is 1.33 bits per heavy atom. The maximum atomic E-state index is 12.0. The predicted molar refractivity (Wildman–Crippen MR) is 70.5 cm³/mol. The van der Waals surface area contributed by atoms with Crippen LogP contribution in [0.3, 0.4) is 0 Å². The number of hydrogen-bond acceptors (Lipinski definition) is 4. The molecular formula is C13H25N3O2. The van der Waals surface area contributed by atoms with Crippen LogP contribution in [-0.4, -0.2) is 74.2 Å². The third-order valence-electron chi connectivity index (χ3n) is 4.11. The molecule has 5 heteroatoms. The fraction of sp³-hybridized carbons (Fsp3) is 0.923. The molecule has 2 aliphatic rings. The van der Waals surface area contributed by atoms with Crippen LogP contribution < -0.4 is 5.32 Å². The highest BCUT2D eigenvalue weighted by Crippen LogP contribution is 2.15. The summed E-state index contributed by atoms with van der Waals surface area (Å²) in [6, 6.07) is 1.09. The normalized spacial score (nSPS) is 30.4. The van der Waals surface area contributed by atoms with Gasteiger partial charge in [-0.05, 0) is 33.4 Å². The molecule has 104 valence electrons. The van der Waals surface area contributed by atoms with Gasteiger partial charge in [0.25, 0.3) is 0 Å². The predicted octanol–water partition coefficient (Wildman–Crippen LogP) is -0.0825. The first-order valence-corrected chi connectivity index (χ1v) is 6.96. The lowest BCUT2D eigenvalue weighted by molar-refractivity contribution is -0.134. The zero-order valence-corrected chi connectivity index (χ0v) is 11.5. The first-order valence-electron chi connectivity index (χ1n) is 6.96. The quantitative estimate of drug-likeness (QED) is 0.766. The molecule has 2 fully saturated rings. The van der Waals surface area contributed by atoms with E-state index in [1.54, 1.807) is 0 Å². The molecule has 0 saturated carbocycles. The maximum Gasteiger partial charge on any atom is 0.236 e. The van der Waals surface area contributed by atoms with Gasteiger partial charge in [-0.3, -0.25) is 4.79 Å². The van der Waals surface area contributed by atoms with Crippen molar-refractivity contribution in [2.75, 3.05) is 46.4 Å². The van der Waals surface area contributed by atoms with Crippen LogP contribution in [0.25, 0.3) is 0 Å². The lowest BCUT2D eigenvalue weighted by Crippen LogP contribution is -2.50. The van der Waals surface area contributed by atoms with E-state index in [9.17, 15) is 4.79 Å². The second kappa shape index (κ2) is 6.50. The van der Waals surface area contributed by atoms with Crippen LogP contribution in [-0.2, 0) is 9.53 Å². The Hall–Kier alpha value is -0.650. The molecule has 0 aromatic heterocycles. The number of amides is 1. The zero-order chi connectivity index (χ0) is 13.0. The molecule has 2 saturated heterocycles. The summed E-state index contributed by atoms with van der Waals surface area (Å²) < 4.78 is 5.25. The van der Waals surface area contributed by atoms with Gasteiger partial charge >= 0.3 is 0 Å². The average molecular weight is 255 g/mol. The molecule has 0 bridgehead atoms. The standard InChI is InChI=1S/C13H25N3O2/c1-11-9-12(3-4-15(11)2)14-10-13(17)16-5-7-18-8-6-16/h11-12,14H,3-10H2,1-2H3. The Morgan fingerprint density at radius 3 is 2.72 bits per heavy atom. The van der Waals surface area contributed by atoms with E-state index < -0.39 is 0 Å². The number of hydrogen-bond donors (Lipinski definition) is 1. The fourth-order valence-corrected chi connectivity index (χ4v) is 2.63. The number of carbonyl (C=O) groups is 1. The summed E-state index contributed by atoms with van der Waals surface area (Å²) in [5.74, 6) is 0.213. The van der Waals surface area contributed by atoms with Crippen molar-refractivity contribution in [3.05, 3.63) is 0 Å². The Labute approximate surface area is 109 Å². The summed E-state index contributed by atoms with van der Waals surface area (Å²) in [6.45, 7) is 6.67. The molecule has 0 aromatic rings. The monoisotopic (exact) mass is 255 g/mol. The van der Waals surface area contributed by atoms with E-state index in [1.165, 1.54) is 0 Å². The van der Waals surface area contributed by atoms with Crippen LogP contribution in [0.1, 0.15) is 19.8 Å². The first-order chi connectivity index (χ1) is 8.66. The van der Waals surface area contributed by atoms with E-state index in [1.807, 2.05) is 4.90 Å². The molecule has 0 radical (unpaired) electrons. The van der Waals surface area contributed by atoms with E-state index in [-0.39, 0.29) is 5.91 Å². The SMILES string of the molecule is CC1CC(NCC(=O)N2CCOCC2)CCN1C. The molecule has 5 nitrogen and oxygen atoms in total. The molecule has 1 N–H and O–H groups in total. The van der Waals surface area contributed by atoms with E-state index >= 15 is 0 Å². The Bertz CT molecular complexity index is 279. The van der Waals surface area contributed by atoms with E-state index in [2.05, 4.69) is 24.2 Å². The number of ether oxygens (including phenoxy) is 1. The zero-order valence-electron chi connectivity index (χ0n) is 11.5. The van der Waals surface area contributed by atoms with Crippen molar-refractivity contribution in [3.8, 4) is 0 Å². The summed E-state index contributed by atoms with van der Waals surface area (Å²) in [5, 5.41) is 3.41. The van der Waals surface area contributed by atoms with Gasteiger partial charge in [0.2, 0.25) is 5.91 Å². The summed E-state index contributed by atoms with van der Waals surface area (Å²) in [7, 11) is 2.17. The lowest BCUT2D eigenvalue weighted by atomic mass is 9.99. The van der Waals surface area contributed by atoms with Crippen LogP contribution in [0.2, 0.25) is 0 Å². The largest absolute Gasteiger partial charge is 0.378 e. The summed E-state index contributed by atoms with van der Waals surface area (Å²) >= 11 is 0. The van der Waals surface area contributed by atoms with Crippen molar-refractivity contribution in [1.82, 2.24) is 15.1 Å². The number of nitrogens with zero attached hydrogens (tertiary/aromatic N) is 2. The first kappa shape index (κ1) is 13.8. The van der Waals surface area contributed by atoms with Gasteiger partial charge in [0.1, 0.15) is 0 Å². The van der Waals surface area contributed by atoms with E-state index in [0.717, 1.165) is 32.5 Å². The number of morpholine rings is 1. The molecule has 2 aliphatic heterocycles. The molecule has 0 aromatic carbocycles. The van der Waals surface area contributed by atoms with E-state index in [4.69, 9.17) is 4.74 Å². The minimum Gasteiger partial charge on any atom is -0.378 e. The van der Waals surface area contributed by atoms with Crippen molar-refractivity contribution in [2.45, 2.75) is 31.8 Å². The maximum absolute atomic E-state index is 12.0. The summed E-state index contributed by atoms with van der Waals surface area (Å²) in [5.41, 5.74) is 0. The van der Waals surface area contributed by atoms with Crippen LogP contribution in [0, 0.1) is 0 Å². The molecule has 0 aliphatic carbocycles. The van der Waals surface area contributed by atoms with Crippen molar-refractivity contribution in [2.24, 2.45) is 0 Å². The Morgan fingerprint density at radius 2 is 2.06 bits per heavy atom. The highest BCUT2D eigenvalue weighted by molar-refractivity contribution is 5.78. The van der Waals surface area contributed by atoms with Crippen LogP contribution in [0.4, 0.5) is 0 Å². The van der Waals surface area contributed by atoms with Gasteiger partial charge in [0, 0.05) is 25.2 Å². The summed E-state index contributed by atoms with van der Waals surface area (Å²) in [4.78, 5) is 16.3. The average Bonchev–Trinajstić information content (AvgIpc) is 2.41. The van der Waals surface area contributed by atoms with Crippen molar-refractivity contribution >= 4 is 5.91 Å². The van der Waals surface area contributed by atoms with Crippen molar-refractivity contribution in [1.29, 1.82) is 0 Å².